The largest absolute Gasteiger partial charge is 0.462 e. The molecule has 0 fully saturated rings. The van der Waals surface area contributed by atoms with Crippen molar-refractivity contribution in [3.05, 3.63) is 182 Å². The summed E-state index contributed by atoms with van der Waals surface area (Å²) >= 11 is 0. The van der Waals surface area contributed by atoms with Crippen LogP contribution in [0, 0.1) is 0 Å². The third-order valence-electron chi connectivity index (χ3n) is 13.7. The van der Waals surface area contributed by atoms with E-state index in [9.17, 15) is 14.7 Å². The lowest BCUT2D eigenvalue weighted by atomic mass is 10.0. The SMILES string of the molecule is CC/C=C\C/C=C\C/C=C\C/C=C\C/C=C\C/C=C\C/C=C\C/C=C\CCCCCCCCCCCCCCCCC(=O)OC(CO)COC(=O)CCCCCCCCC/C=C\C/C=C\C/C=C\C/C=C\C/C=C\C/C=C\C/C=C\CC. The summed E-state index contributed by atoms with van der Waals surface area (Å²) in [4.78, 5) is 24.6. The Kier molecular flexibility index (Phi) is 66.0. The number of hydrogen-bond donors (Lipinski definition) is 1. The van der Waals surface area contributed by atoms with Gasteiger partial charge in [0.1, 0.15) is 6.61 Å². The first-order valence-electron chi connectivity index (χ1n) is 33.3. The molecule has 0 bridgehead atoms. The van der Waals surface area contributed by atoms with Gasteiger partial charge in [0.05, 0.1) is 6.61 Å². The fourth-order valence-corrected chi connectivity index (χ4v) is 8.79. The van der Waals surface area contributed by atoms with Crippen molar-refractivity contribution in [1.29, 1.82) is 0 Å². The van der Waals surface area contributed by atoms with E-state index >= 15 is 0 Å². The molecular formula is C77H122O5. The lowest BCUT2D eigenvalue weighted by Gasteiger charge is -2.15. The number of aliphatic hydroxyl groups is 1. The number of aliphatic hydroxyl groups excluding tert-OH is 1. The van der Waals surface area contributed by atoms with Crippen LogP contribution < -0.4 is 0 Å². The Labute approximate surface area is 505 Å². The molecule has 1 N–H and O–H groups in total. The third kappa shape index (κ3) is 67.5. The molecular weight excluding hydrogens is 1000 g/mol. The van der Waals surface area contributed by atoms with E-state index in [1.165, 1.54) is 103 Å². The Bertz CT molecular complexity index is 1850. The van der Waals surface area contributed by atoms with Gasteiger partial charge >= 0.3 is 11.9 Å². The second-order valence-electron chi connectivity index (χ2n) is 21.4. The number of allylic oxidation sites excluding steroid dienone is 30. The molecule has 0 aromatic heterocycles. The van der Waals surface area contributed by atoms with Crippen LogP contribution in [0.15, 0.2) is 182 Å². The van der Waals surface area contributed by atoms with Gasteiger partial charge in [-0.3, -0.25) is 9.59 Å². The predicted molar refractivity (Wildman–Crippen MR) is 361 cm³/mol. The molecule has 0 heterocycles. The quantitative estimate of drug-likeness (QED) is 0.0373. The van der Waals surface area contributed by atoms with Gasteiger partial charge in [-0.25, -0.2) is 0 Å². The first-order valence-corrected chi connectivity index (χ1v) is 33.3. The van der Waals surface area contributed by atoms with E-state index in [0.29, 0.717) is 12.8 Å². The Hall–Kier alpha value is -5.00. The van der Waals surface area contributed by atoms with E-state index in [4.69, 9.17) is 9.47 Å². The molecule has 0 spiro atoms. The number of carbonyl (C=O) groups excluding carboxylic acids is 2. The maximum atomic E-state index is 12.4. The summed E-state index contributed by atoms with van der Waals surface area (Å²) in [6.07, 6.45) is 110. The van der Waals surface area contributed by atoms with Gasteiger partial charge < -0.3 is 14.6 Å². The van der Waals surface area contributed by atoms with Gasteiger partial charge in [0.2, 0.25) is 0 Å². The van der Waals surface area contributed by atoms with Crippen molar-refractivity contribution in [2.24, 2.45) is 0 Å². The number of esters is 2. The molecule has 1 atom stereocenters. The van der Waals surface area contributed by atoms with Crippen molar-refractivity contribution >= 4 is 11.9 Å². The average molecular weight is 1130 g/mol. The van der Waals surface area contributed by atoms with Crippen LogP contribution in [0.1, 0.15) is 271 Å². The summed E-state index contributed by atoms with van der Waals surface area (Å²) in [5.74, 6) is -0.611. The van der Waals surface area contributed by atoms with Crippen LogP contribution in [0.5, 0.6) is 0 Å². The maximum absolute atomic E-state index is 12.4. The van der Waals surface area contributed by atoms with Gasteiger partial charge in [-0.1, -0.05) is 305 Å². The highest BCUT2D eigenvalue weighted by molar-refractivity contribution is 5.70. The van der Waals surface area contributed by atoms with Gasteiger partial charge in [0.15, 0.2) is 6.10 Å². The zero-order valence-corrected chi connectivity index (χ0v) is 52.7. The molecule has 5 nitrogen and oxygen atoms in total. The maximum Gasteiger partial charge on any atom is 0.306 e. The Morgan fingerprint density at radius 2 is 0.488 bits per heavy atom. The highest BCUT2D eigenvalue weighted by Gasteiger charge is 2.16. The number of unbranched alkanes of at least 4 members (excludes halogenated alkanes) is 21. The smallest absolute Gasteiger partial charge is 0.306 e. The molecule has 1 unspecified atom stereocenters. The number of carbonyl (C=O) groups is 2. The highest BCUT2D eigenvalue weighted by atomic mass is 16.6. The summed E-state index contributed by atoms with van der Waals surface area (Å²) in [6, 6.07) is 0. The van der Waals surface area contributed by atoms with E-state index in [1.54, 1.807) is 0 Å². The number of ether oxygens (including phenoxy) is 2. The van der Waals surface area contributed by atoms with E-state index in [0.717, 1.165) is 141 Å². The van der Waals surface area contributed by atoms with Crippen LogP contribution in [0.25, 0.3) is 0 Å². The molecule has 0 aliphatic heterocycles. The molecule has 0 aliphatic rings. The van der Waals surface area contributed by atoms with Crippen LogP contribution in [-0.4, -0.2) is 36.4 Å². The molecule has 0 aliphatic carbocycles. The Morgan fingerprint density at radius 1 is 0.280 bits per heavy atom. The zero-order chi connectivity index (χ0) is 59.1. The van der Waals surface area contributed by atoms with E-state index < -0.39 is 6.10 Å². The lowest BCUT2D eigenvalue weighted by molar-refractivity contribution is -0.161. The second-order valence-corrected chi connectivity index (χ2v) is 21.4. The Morgan fingerprint density at radius 3 is 0.732 bits per heavy atom. The van der Waals surface area contributed by atoms with Crippen molar-refractivity contribution in [2.45, 2.75) is 277 Å². The molecule has 82 heavy (non-hydrogen) atoms. The molecule has 0 amide bonds. The van der Waals surface area contributed by atoms with Crippen molar-refractivity contribution < 1.29 is 24.2 Å². The third-order valence-corrected chi connectivity index (χ3v) is 13.7. The number of rotatable bonds is 59. The second kappa shape index (κ2) is 70.3. The molecule has 5 heteroatoms. The summed E-state index contributed by atoms with van der Waals surface area (Å²) in [7, 11) is 0. The van der Waals surface area contributed by atoms with Crippen LogP contribution in [0.2, 0.25) is 0 Å². The highest BCUT2D eigenvalue weighted by Crippen LogP contribution is 2.15. The van der Waals surface area contributed by atoms with Crippen molar-refractivity contribution in [3.63, 3.8) is 0 Å². The van der Waals surface area contributed by atoms with Crippen molar-refractivity contribution in [3.8, 4) is 0 Å². The van der Waals surface area contributed by atoms with E-state index in [2.05, 4.69) is 196 Å². The van der Waals surface area contributed by atoms with E-state index in [-0.39, 0.29) is 25.2 Å². The topological polar surface area (TPSA) is 72.8 Å². The molecule has 460 valence electrons. The zero-order valence-electron chi connectivity index (χ0n) is 52.7. The molecule has 0 saturated carbocycles. The average Bonchev–Trinajstić information content (AvgIpc) is 3.49. The minimum Gasteiger partial charge on any atom is -0.462 e. The van der Waals surface area contributed by atoms with Crippen LogP contribution in [0.3, 0.4) is 0 Å². The summed E-state index contributed by atoms with van der Waals surface area (Å²) in [5.41, 5.74) is 0. The van der Waals surface area contributed by atoms with Crippen LogP contribution in [0.4, 0.5) is 0 Å². The van der Waals surface area contributed by atoms with Gasteiger partial charge in [0.25, 0.3) is 0 Å². The minimum absolute atomic E-state index is 0.0818. The van der Waals surface area contributed by atoms with Gasteiger partial charge in [-0.05, 0) is 135 Å². The first-order chi connectivity index (χ1) is 40.6. The minimum atomic E-state index is -0.792. The van der Waals surface area contributed by atoms with Crippen LogP contribution >= 0.6 is 0 Å². The van der Waals surface area contributed by atoms with Crippen molar-refractivity contribution in [1.82, 2.24) is 0 Å². The molecule has 0 aromatic carbocycles. The van der Waals surface area contributed by atoms with Gasteiger partial charge in [0, 0.05) is 12.8 Å². The molecule has 0 saturated heterocycles. The normalized spacial score (nSPS) is 13.5. The number of hydrogen-bond acceptors (Lipinski definition) is 5. The Balaban J connectivity index is 3.57. The molecule has 0 aromatic rings. The summed E-state index contributed by atoms with van der Waals surface area (Å²) in [6.45, 7) is 3.90. The summed E-state index contributed by atoms with van der Waals surface area (Å²) in [5, 5.41) is 9.69. The summed E-state index contributed by atoms with van der Waals surface area (Å²) < 4.78 is 10.7. The molecule has 0 rings (SSSR count). The van der Waals surface area contributed by atoms with Crippen LogP contribution in [-0.2, 0) is 19.1 Å². The fraction of sp³-hybridized carbons (Fsp3) is 0.584. The monoisotopic (exact) mass is 1130 g/mol. The molecule has 0 radical (unpaired) electrons. The standard InChI is InChI=1S/C77H122O5/c1-3-5-7-9-11-13-15-17-19-21-23-25-27-29-31-33-34-35-36-37-38-39-40-41-42-44-46-48-50-52-54-56-58-60-62-64-66-68-70-72-77(80)82-75(73-78)74-81-76(79)71-69-67-65-63-61-59-57-55-53-51-49-47-45-43-32-30-28-26-24-22-20-18-16-14-12-10-8-6-4-2/h5-8,11-14,17-20,23-26,29-32,34-35,37-38,40-41,45,47,51,53,75,78H,3-4,9-10,15-16,21-22,27-28,33,36,39,42-44,46,48-50,52,54-74H2,1-2H3/b7-5-,8-6-,13-11-,14-12-,19-17-,20-18-,25-23-,26-24-,31-29-,32-30-,35-34-,38-37-,41-40-,47-45-,53-51-. The first kappa shape index (κ1) is 77.0. The van der Waals surface area contributed by atoms with Gasteiger partial charge in [-0.15, -0.1) is 0 Å². The van der Waals surface area contributed by atoms with Crippen molar-refractivity contribution in [2.75, 3.05) is 13.2 Å². The lowest BCUT2D eigenvalue weighted by Crippen LogP contribution is -2.28. The van der Waals surface area contributed by atoms with Gasteiger partial charge in [-0.2, -0.15) is 0 Å². The predicted octanol–water partition coefficient (Wildman–Crippen LogP) is 23.4. The van der Waals surface area contributed by atoms with E-state index in [1.807, 2.05) is 0 Å². The fourth-order valence-electron chi connectivity index (χ4n) is 8.79.